The van der Waals surface area contributed by atoms with Gasteiger partial charge in [-0.3, -0.25) is 0 Å². The Morgan fingerprint density at radius 1 is 1.06 bits per heavy atom. The van der Waals surface area contributed by atoms with Crippen molar-refractivity contribution in [3.63, 3.8) is 0 Å². The van der Waals surface area contributed by atoms with Gasteiger partial charge in [0.2, 0.25) is 10.0 Å². The summed E-state index contributed by atoms with van der Waals surface area (Å²) in [6.07, 6.45) is -2.06. The van der Waals surface area contributed by atoms with Crippen LogP contribution in [0, 0.1) is 0 Å². The van der Waals surface area contributed by atoms with Gasteiger partial charge >= 0.3 is 6.18 Å². The molecule has 0 saturated carbocycles. The Labute approximate surface area is 179 Å². The molecule has 5 nitrogen and oxygen atoms in total. The lowest BCUT2D eigenvalue weighted by atomic mass is 10.0. The molecular weight excluding hydrogens is 429 g/mol. The van der Waals surface area contributed by atoms with Crippen LogP contribution in [0.25, 0.3) is 0 Å². The second-order valence-electron chi connectivity index (χ2n) is 8.09. The van der Waals surface area contributed by atoms with Crippen molar-refractivity contribution in [2.75, 3.05) is 24.5 Å². The molecule has 0 radical (unpaired) electrons. The molecule has 0 amide bonds. The lowest BCUT2D eigenvalue weighted by Gasteiger charge is -2.40. The fourth-order valence-electron chi connectivity index (χ4n) is 4.43. The Balaban J connectivity index is 1.51. The van der Waals surface area contributed by atoms with Crippen LogP contribution >= 0.6 is 0 Å². The third-order valence-electron chi connectivity index (χ3n) is 6.16. The van der Waals surface area contributed by atoms with Gasteiger partial charge in [-0.2, -0.15) is 17.5 Å². The second kappa shape index (κ2) is 7.94. The molecular formula is C22H23F3N2O3S. The zero-order valence-corrected chi connectivity index (χ0v) is 17.8. The summed E-state index contributed by atoms with van der Waals surface area (Å²) in [6.45, 7) is 2.66. The molecule has 0 spiro atoms. The minimum absolute atomic E-state index is 0.176. The fraction of sp³-hybridized carbons (Fsp3) is 0.409. The van der Waals surface area contributed by atoms with Crippen LogP contribution < -0.4 is 4.90 Å². The maximum atomic E-state index is 13.2. The van der Waals surface area contributed by atoms with Crippen molar-refractivity contribution in [1.82, 2.24) is 4.31 Å². The molecule has 1 unspecified atom stereocenters. The molecule has 1 fully saturated rings. The predicted molar refractivity (Wildman–Crippen MR) is 111 cm³/mol. The number of carbonyl (C=O) groups is 1. The number of carbonyl (C=O) groups excluding carboxylic acids is 1. The molecule has 1 saturated heterocycles. The maximum Gasteiger partial charge on any atom is 0.416 e. The SMILES string of the molecule is C[C@H]1CN(S(=O)(=O)c2ccc3c(c2)C(C=O)CC3)CCN1c1ccc(C(F)(F)F)cc1. The van der Waals surface area contributed by atoms with Gasteiger partial charge in [0.05, 0.1) is 10.5 Å². The number of fused-ring (bicyclic) bond motifs is 1. The van der Waals surface area contributed by atoms with Crippen LogP contribution in [0.2, 0.25) is 0 Å². The Hall–Kier alpha value is -2.39. The zero-order chi connectivity index (χ0) is 22.4. The molecule has 2 atom stereocenters. The number of rotatable bonds is 4. The zero-order valence-electron chi connectivity index (χ0n) is 17.0. The number of hydrogen-bond acceptors (Lipinski definition) is 4. The van der Waals surface area contributed by atoms with Crippen molar-refractivity contribution in [2.24, 2.45) is 0 Å². The number of alkyl halides is 3. The van der Waals surface area contributed by atoms with Crippen LogP contribution in [0.3, 0.4) is 0 Å². The van der Waals surface area contributed by atoms with Crippen molar-refractivity contribution < 1.29 is 26.4 Å². The quantitative estimate of drug-likeness (QED) is 0.662. The molecule has 1 aliphatic heterocycles. The van der Waals surface area contributed by atoms with Crippen LogP contribution in [0.5, 0.6) is 0 Å². The number of halogens is 3. The topological polar surface area (TPSA) is 57.7 Å². The van der Waals surface area contributed by atoms with E-state index in [2.05, 4.69) is 0 Å². The van der Waals surface area contributed by atoms with E-state index in [0.29, 0.717) is 18.7 Å². The van der Waals surface area contributed by atoms with Gasteiger partial charge in [-0.05, 0) is 67.3 Å². The Kier molecular flexibility index (Phi) is 5.59. The van der Waals surface area contributed by atoms with Crippen LogP contribution in [0.4, 0.5) is 18.9 Å². The Bertz CT molecular complexity index is 1080. The average molecular weight is 452 g/mol. The fourth-order valence-corrected chi connectivity index (χ4v) is 5.98. The number of benzene rings is 2. The lowest BCUT2D eigenvalue weighted by molar-refractivity contribution is -0.137. The molecule has 2 aromatic rings. The normalized spacial score (nSPS) is 22.4. The highest BCUT2D eigenvalue weighted by atomic mass is 32.2. The summed E-state index contributed by atoms with van der Waals surface area (Å²) in [6, 6.07) is 9.70. The third kappa shape index (κ3) is 4.08. The first-order valence-electron chi connectivity index (χ1n) is 10.1. The van der Waals surface area contributed by atoms with Gasteiger partial charge in [0, 0.05) is 37.3 Å². The van der Waals surface area contributed by atoms with E-state index in [1.165, 1.54) is 16.4 Å². The molecule has 0 aromatic heterocycles. The summed E-state index contributed by atoms with van der Waals surface area (Å²) in [7, 11) is -3.74. The highest BCUT2D eigenvalue weighted by molar-refractivity contribution is 7.89. The summed E-state index contributed by atoms with van der Waals surface area (Å²) in [4.78, 5) is 13.4. The monoisotopic (exact) mass is 452 g/mol. The minimum Gasteiger partial charge on any atom is -0.366 e. The highest BCUT2D eigenvalue weighted by Gasteiger charge is 2.34. The smallest absolute Gasteiger partial charge is 0.366 e. The van der Waals surface area contributed by atoms with E-state index in [0.717, 1.165) is 36.0 Å². The Morgan fingerprint density at radius 3 is 2.39 bits per heavy atom. The number of nitrogens with zero attached hydrogens (tertiary/aromatic N) is 2. The van der Waals surface area contributed by atoms with Crippen molar-refractivity contribution >= 4 is 22.0 Å². The number of sulfonamides is 1. The maximum absolute atomic E-state index is 13.2. The summed E-state index contributed by atoms with van der Waals surface area (Å²) in [5.74, 6) is -0.263. The number of aryl methyl sites for hydroxylation is 1. The average Bonchev–Trinajstić information content (AvgIpc) is 3.15. The molecule has 2 aliphatic rings. The summed E-state index contributed by atoms with van der Waals surface area (Å²) >= 11 is 0. The van der Waals surface area contributed by atoms with Crippen molar-refractivity contribution in [1.29, 1.82) is 0 Å². The first kappa shape index (κ1) is 21.8. The summed E-state index contributed by atoms with van der Waals surface area (Å²) in [5.41, 5.74) is 1.71. The predicted octanol–water partition coefficient (Wildman–Crippen LogP) is 3.83. The standard InChI is InChI=1S/C22H23F3N2O3S/c1-15-13-26(10-11-27(15)19-7-5-18(6-8-19)22(23,24)25)31(29,30)20-9-4-16-2-3-17(14-28)21(16)12-20/h4-9,12,14-15,17H,2-3,10-11,13H2,1H3/t15-,17?/m0/s1. The van der Waals surface area contributed by atoms with Crippen LogP contribution in [0.1, 0.15) is 36.0 Å². The van der Waals surface area contributed by atoms with E-state index < -0.39 is 21.8 Å². The first-order chi connectivity index (χ1) is 14.6. The van der Waals surface area contributed by atoms with E-state index in [4.69, 9.17) is 0 Å². The largest absolute Gasteiger partial charge is 0.416 e. The lowest BCUT2D eigenvalue weighted by Crippen LogP contribution is -2.53. The van der Waals surface area contributed by atoms with E-state index in [1.54, 1.807) is 18.2 Å². The van der Waals surface area contributed by atoms with Gasteiger partial charge in [-0.25, -0.2) is 8.42 Å². The molecule has 2 aromatic carbocycles. The van der Waals surface area contributed by atoms with E-state index in [9.17, 15) is 26.4 Å². The molecule has 1 aliphatic carbocycles. The van der Waals surface area contributed by atoms with Gasteiger partial charge in [-0.15, -0.1) is 0 Å². The molecule has 0 N–H and O–H groups in total. The van der Waals surface area contributed by atoms with Crippen LogP contribution in [-0.4, -0.2) is 44.7 Å². The van der Waals surface area contributed by atoms with Crippen LogP contribution in [0.15, 0.2) is 47.4 Å². The number of anilines is 1. The molecule has 166 valence electrons. The first-order valence-corrected chi connectivity index (χ1v) is 11.6. The van der Waals surface area contributed by atoms with Crippen molar-refractivity contribution in [3.05, 3.63) is 59.2 Å². The summed E-state index contributed by atoms with van der Waals surface area (Å²) < 4.78 is 66.3. The van der Waals surface area contributed by atoms with E-state index in [-0.39, 0.29) is 29.9 Å². The molecule has 0 bridgehead atoms. The number of aldehydes is 1. The molecule has 4 rings (SSSR count). The Morgan fingerprint density at radius 2 is 1.77 bits per heavy atom. The molecule has 9 heteroatoms. The van der Waals surface area contributed by atoms with Gasteiger partial charge < -0.3 is 9.69 Å². The van der Waals surface area contributed by atoms with Gasteiger partial charge in [-0.1, -0.05) is 6.07 Å². The van der Waals surface area contributed by atoms with Gasteiger partial charge in [0.1, 0.15) is 6.29 Å². The number of hydrogen-bond donors (Lipinski definition) is 0. The van der Waals surface area contributed by atoms with E-state index >= 15 is 0 Å². The van der Waals surface area contributed by atoms with Crippen molar-refractivity contribution in [3.8, 4) is 0 Å². The summed E-state index contributed by atoms with van der Waals surface area (Å²) in [5, 5.41) is 0. The van der Waals surface area contributed by atoms with E-state index in [1.807, 2.05) is 11.8 Å². The van der Waals surface area contributed by atoms with Gasteiger partial charge in [0.25, 0.3) is 0 Å². The second-order valence-corrected chi connectivity index (χ2v) is 10.0. The van der Waals surface area contributed by atoms with Crippen LogP contribution in [-0.2, 0) is 27.4 Å². The third-order valence-corrected chi connectivity index (χ3v) is 8.02. The van der Waals surface area contributed by atoms with Crippen molar-refractivity contribution in [2.45, 2.75) is 42.8 Å². The molecule has 31 heavy (non-hydrogen) atoms. The highest BCUT2D eigenvalue weighted by Crippen LogP contribution is 2.35. The van der Waals surface area contributed by atoms with Gasteiger partial charge in [0.15, 0.2) is 0 Å². The number of piperazine rings is 1. The minimum atomic E-state index is -4.39. The molecule has 1 heterocycles.